The topological polar surface area (TPSA) is 79.9 Å². The van der Waals surface area contributed by atoms with Gasteiger partial charge in [-0.25, -0.2) is 0 Å². The number of nitrogens with one attached hydrogen (secondary N) is 1. The zero-order valence-corrected chi connectivity index (χ0v) is 14.2. The van der Waals surface area contributed by atoms with E-state index in [-0.39, 0.29) is 18.7 Å². The molecule has 0 bridgehead atoms. The van der Waals surface area contributed by atoms with Crippen molar-refractivity contribution in [3.63, 3.8) is 0 Å². The molecule has 0 amide bonds. The molecule has 0 aliphatic carbocycles. The lowest BCUT2D eigenvalue weighted by atomic mass is 10.1. The number of aliphatic hydroxyl groups is 1. The summed E-state index contributed by atoms with van der Waals surface area (Å²) < 4.78 is 6.61. The maximum absolute atomic E-state index is 9.80. The van der Waals surface area contributed by atoms with E-state index in [0.717, 1.165) is 9.32 Å². The van der Waals surface area contributed by atoms with Gasteiger partial charge in [-0.3, -0.25) is 4.99 Å². The fourth-order valence-corrected chi connectivity index (χ4v) is 1.76. The van der Waals surface area contributed by atoms with Crippen molar-refractivity contribution in [1.29, 1.82) is 0 Å². The summed E-state index contributed by atoms with van der Waals surface area (Å²) in [5.41, 5.74) is 5.58. The summed E-state index contributed by atoms with van der Waals surface area (Å²) in [6.07, 6.45) is -0.686. The van der Waals surface area contributed by atoms with Gasteiger partial charge in [0.2, 0.25) is 0 Å². The number of guanidine groups is 1. The minimum atomic E-state index is -0.686. The molecule has 1 atom stereocenters. The fourth-order valence-electron chi connectivity index (χ4n) is 1.40. The lowest BCUT2D eigenvalue weighted by Crippen LogP contribution is -2.45. The van der Waals surface area contributed by atoms with Crippen molar-refractivity contribution in [3.05, 3.63) is 27.8 Å². The van der Waals surface area contributed by atoms with Crippen molar-refractivity contribution >= 4 is 28.6 Å². The van der Waals surface area contributed by atoms with E-state index in [1.807, 2.05) is 45.0 Å². The number of aliphatic hydroxyl groups excluding tert-OH is 1. The highest BCUT2D eigenvalue weighted by Crippen LogP contribution is 2.13. The largest absolute Gasteiger partial charge is 0.491 e. The summed E-state index contributed by atoms with van der Waals surface area (Å²) in [6, 6.07) is 7.64. The van der Waals surface area contributed by atoms with Crippen LogP contribution in [-0.2, 0) is 0 Å². The van der Waals surface area contributed by atoms with E-state index < -0.39 is 6.10 Å². The van der Waals surface area contributed by atoms with Gasteiger partial charge in [-0.15, -0.1) is 0 Å². The van der Waals surface area contributed by atoms with Crippen LogP contribution >= 0.6 is 22.6 Å². The normalized spacial score (nSPS) is 13.9. The zero-order chi connectivity index (χ0) is 15.2. The predicted molar refractivity (Wildman–Crippen MR) is 90.0 cm³/mol. The van der Waals surface area contributed by atoms with E-state index >= 15 is 0 Å². The average molecular weight is 391 g/mol. The summed E-state index contributed by atoms with van der Waals surface area (Å²) >= 11 is 2.23. The standard InChI is InChI=1S/C14H22IN3O2/c1-14(2,3)18-13(16)17-8-11(19)9-20-12-6-4-10(15)5-7-12/h4-7,11,19H,8-9H2,1-3H3,(H3,16,17,18). The Morgan fingerprint density at radius 1 is 1.40 bits per heavy atom. The molecule has 1 unspecified atom stereocenters. The third-order valence-electron chi connectivity index (χ3n) is 2.23. The molecule has 0 spiro atoms. The average Bonchev–Trinajstić information content (AvgIpc) is 2.33. The quantitative estimate of drug-likeness (QED) is 0.406. The predicted octanol–water partition coefficient (Wildman–Crippen LogP) is 1.73. The molecule has 0 saturated heterocycles. The Hall–Kier alpha value is -1.02. The molecular weight excluding hydrogens is 369 g/mol. The van der Waals surface area contributed by atoms with E-state index in [4.69, 9.17) is 10.5 Å². The van der Waals surface area contributed by atoms with E-state index in [0.29, 0.717) is 5.96 Å². The molecule has 1 aromatic rings. The molecule has 0 aliphatic heterocycles. The molecule has 0 saturated carbocycles. The van der Waals surface area contributed by atoms with Crippen LogP contribution in [-0.4, -0.2) is 35.9 Å². The van der Waals surface area contributed by atoms with Crippen LogP contribution in [0.1, 0.15) is 20.8 Å². The molecule has 0 aliphatic rings. The highest BCUT2D eigenvalue weighted by Gasteiger charge is 2.10. The highest BCUT2D eigenvalue weighted by atomic mass is 127. The van der Waals surface area contributed by atoms with E-state index in [2.05, 4.69) is 32.9 Å². The van der Waals surface area contributed by atoms with Crippen molar-refractivity contribution < 1.29 is 9.84 Å². The Balaban J connectivity index is 2.35. The third kappa shape index (κ3) is 7.54. The van der Waals surface area contributed by atoms with Crippen molar-refractivity contribution in [2.75, 3.05) is 13.2 Å². The van der Waals surface area contributed by atoms with Gasteiger partial charge in [0.15, 0.2) is 5.96 Å². The van der Waals surface area contributed by atoms with Crippen LogP contribution in [0.5, 0.6) is 5.75 Å². The van der Waals surface area contributed by atoms with Gasteiger partial charge < -0.3 is 20.9 Å². The number of benzene rings is 1. The second kappa shape index (κ2) is 7.68. The molecule has 5 nitrogen and oxygen atoms in total. The van der Waals surface area contributed by atoms with Gasteiger partial charge in [-0.05, 0) is 67.6 Å². The molecule has 6 heteroatoms. The summed E-state index contributed by atoms with van der Waals surface area (Å²) in [7, 11) is 0. The Morgan fingerprint density at radius 2 is 2.00 bits per heavy atom. The van der Waals surface area contributed by atoms with Gasteiger partial charge in [0, 0.05) is 9.11 Å². The van der Waals surface area contributed by atoms with Crippen molar-refractivity contribution in [1.82, 2.24) is 5.32 Å². The Kier molecular flexibility index (Phi) is 6.54. The molecule has 1 rings (SSSR count). The first-order valence-corrected chi connectivity index (χ1v) is 7.49. The fraction of sp³-hybridized carbons (Fsp3) is 0.500. The second-order valence-electron chi connectivity index (χ2n) is 5.52. The SMILES string of the molecule is CC(C)(C)NC(N)=NCC(O)COc1ccc(I)cc1. The van der Waals surface area contributed by atoms with E-state index in [1.54, 1.807) is 0 Å². The smallest absolute Gasteiger partial charge is 0.189 e. The molecule has 0 fully saturated rings. The van der Waals surface area contributed by atoms with Crippen LogP contribution in [0.3, 0.4) is 0 Å². The first kappa shape index (κ1) is 17.0. The molecule has 4 N–H and O–H groups in total. The third-order valence-corrected chi connectivity index (χ3v) is 2.95. The Labute approximate surface area is 133 Å². The summed E-state index contributed by atoms with van der Waals surface area (Å²) in [4.78, 5) is 4.09. The summed E-state index contributed by atoms with van der Waals surface area (Å²) in [6.45, 7) is 6.37. The van der Waals surface area contributed by atoms with Crippen molar-refractivity contribution in [3.8, 4) is 5.75 Å². The second-order valence-corrected chi connectivity index (χ2v) is 6.77. The minimum absolute atomic E-state index is 0.143. The number of rotatable bonds is 5. The number of halogens is 1. The molecule has 0 heterocycles. The molecule has 112 valence electrons. The van der Waals surface area contributed by atoms with Crippen LogP contribution < -0.4 is 15.8 Å². The maximum Gasteiger partial charge on any atom is 0.189 e. The summed E-state index contributed by atoms with van der Waals surface area (Å²) in [5.74, 6) is 1.06. The molecular formula is C14H22IN3O2. The molecule has 20 heavy (non-hydrogen) atoms. The van der Waals surface area contributed by atoms with E-state index in [9.17, 15) is 5.11 Å². The number of nitrogens with two attached hydrogens (primary N) is 1. The van der Waals surface area contributed by atoms with Gasteiger partial charge in [0.1, 0.15) is 18.5 Å². The lowest BCUT2D eigenvalue weighted by molar-refractivity contribution is 0.114. The number of ether oxygens (including phenoxy) is 1. The highest BCUT2D eigenvalue weighted by molar-refractivity contribution is 14.1. The van der Waals surface area contributed by atoms with Crippen molar-refractivity contribution in [2.24, 2.45) is 10.7 Å². The van der Waals surface area contributed by atoms with Gasteiger partial charge in [-0.1, -0.05) is 0 Å². The van der Waals surface area contributed by atoms with Crippen LogP contribution in [0.2, 0.25) is 0 Å². The van der Waals surface area contributed by atoms with E-state index in [1.165, 1.54) is 0 Å². The first-order chi connectivity index (χ1) is 9.26. The number of hydrogen-bond donors (Lipinski definition) is 3. The van der Waals surface area contributed by atoms with Crippen LogP contribution in [0.25, 0.3) is 0 Å². The van der Waals surface area contributed by atoms with Crippen LogP contribution in [0.15, 0.2) is 29.3 Å². The molecule has 0 radical (unpaired) electrons. The van der Waals surface area contributed by atoms with Gasteiger partial charge >= 0.3 is 0 Å². The van der Waals surface area contributed by atoms with Gasteiger partial charge in [0.05, 0.1) is 6.54 Å². The van der Waals surface area contributed by atoms with Gasteiger partial charge in [0.25, 0.3) is 0 Å². The summed E-state index contributed by atoms with van der Waals surface area (Å²) in [5, 5.41) is 12.8. The maximum atomic E-state index is 9.80. The van der Waals surface area contributed by atoms with Gasteiger partial charge in [-0.2, -0.15) is 0 Å². The number of hydrogen-bond acceptors (Lipinski definition) is 3. The molecule has 0 aromatic heterocycles. The molecule has 1 aromatic carbocycles. The zero-order valence-electron chi connectivity index (χ0n) is 12.1. The van der Waals surface area contributed by atoms with Crippen LogP contribution in [0, 0.1) is 3.57 Å². The van der Waals surface area contributed by atoms with Crippen LogP contribution in [0.4, 0.5) is 0 Å². The Morgan fingerprint density at radius 3 is 2.55 bits per heavy atom. The Bertz CT molecular complexity index is 441. The lowest BCUT2D eigenvalue weighted by Gasteiger charge is -2.21. The monoisotopic (exact) mass is 391 g/mol. The van der Waals surface area contributed by atoms with Crippen molar-refractivity contribution in [2.45, 2.75) is 32.4 Å². The number of aliphatic imine (C=N–C) groups is 1. The minimum Gasteiger partial charge on any atom is -0.491 e. The number of nitrogens with zero attached hydrogens (tertiary/aromatic N) is 1. The first-order valence-electron chi connectivity index (χ1n) is 6.41.